The zero-order chi connectivity index (χ0) is 6.57. The van der Waals surface area contributed by atoms with Gasteiger partial charge in [-0.25, -0.2) is 0 Å². The van der Waals surface area contributed by atoms with Crippen LogP contribution in [0.4, 0.5) is 0 Å². The molecule has 0 saturated carbocycles. The van der Waals surface area contributed by atoms with Gasteiger partial charge in [-0.05, 0) is 0 Å². The first kappa shape index (κ1) is 22.6. The van der Waals surface area contributed by atoms with Gasteiger partial charge in [0, 0.05) is 0 Å². The standard InChI is InChI=1S/C3H6GeINO2.3H2O/c1-4-8-3(7)2(5)6;;;/h2H,6H2,1H3;3*1H2. The van der Waals surface area contributed by atoms with E-state index < -0.39 is 19.8 Å². The van der Waals surface area contributed by atoms with Gasteiger partial charge in [-0.1, -0.05) is 0 Å². The van der Waals surface area contributed by atoms with Crippen LogP contribution in [0.1, 0.15) is 0 Å². The van der Waals surface area contributed by atoms with Crippen LogP contribution in [0.25, 0.3) is 0 Å². The molecule has 0 aliphatic rings. The summed E-state index contributed by atoms with van der Waals surface area (Å²) in [5, 5.41) is 0. The van der Waals surface area contributed by atoms with Crippen molar-refractivity contribution in [3.05, 3.63) is 0 Å². The Kier molecular flexibility index (Phi) is 27.1. The van der Waals surface area contributed by atoms with Crippen LogP contribution < -0.4 is 5.73 Å². The quantitative estimate of drug-likeness (QED) is 0.255. The van der Waals surface area contributed by atoms with Gasteiger partial charge in [0.15, 0.2) is 0 Å². The Bertz CT molecular complexity index is 91.8. The van der Waals surface area contributed by atoms with Gasteiger partial charge in [0.1, 0.15) is 0 Å². The van der Waals surface area contributed by atoms with E-state index in [1.165, 1.54) is 0 Å². The van der Waals surface area contributed by atoms with Crippen molar-refractivity contribution in [3.8, 4) is 0 Å². The summed E-state index contributed by atoms with van der Waals surface area (Å²) in [5.74, 6) is 1.57. The molecule has 0 bridgehead atoms. The molecule has 0 aromatic heterocycles. The minimum absolute atomic E-state index is 0. The summed E-state index contributed by atoms with van der Waals surface area (Å²) in [4.78, 5) is 10.4. The van der Waals surface area contributed by atoms with Crippen LogP contribution in [0.5, 0.6) is 0 Å². The first-order chi connectivity index (χ1) is 3.68. The Morgan fingerprint density at radius 1 is 1.55 bits per heavy atom. The van der Waals surface area contributed by atoms with Crippen LogP contribution >= 0.6 is 22.6 Å². The predicted octanol–water partition coefficient (Wildman–Crippen LogP) is -2.56. The Morgan fingerprint density at radius 3 is 2.00 bits per heavy atom. The van der Waals surface area contributed by atoms with Crippen molar-refractivity contribution < 1.29 is 25.0 Å². The van der Waals surface area contributed by atoms with Crippen LogP contribution in [-0.2, 0) is 8.56 Å². The molecule has 8 heteroatoms. The summed E-state index contributed by atoms with van der Waals surface area (Å²) in [6, 6.07) is 0. The Balaban J connectivity index is -0.0000000817. The topological polar surface area (TPSA) is 147 Å². The zero-order valence-corrected chi connectivity index (χ0v) is 10.1. The number of halogens is 1. The van der Waals surface area contributed by atoms with Gasteiger partial charge in [-0.15, -0.1) is 0 Å². The first-order valence-corrected chi connectivity index (χ1v) is 6.15. The Labute approximate surface area is 84.7 Å². The van der Waals surface area contributed by atoms with Crippen LogP contribution in [0.3, 0.4) is 0 Å². The zero-order valence-electron chi connectivity index (χ0n) is 5.85. The maximum absolute atomic E-state index is 10.4. The summed E-state index contributed by atoms with van der Waals surface area (Å²) in [6.07, 6.45) is 0. The second-order valence-electron chi connectivity index (χ2n) is 1.03. The molecule has 0 aromatic rings. The average molecular weight is 342 g/mol. The van der Waals surface area contributed by atoms with Crippen molar-refractivity contribution in [2.75, 3.05) is 0 Å². The average Bonchev–Trinajstić information content (AvgIpc) is 1.67. The molecular weight excluding hydrogens is 330 g/mol. The fraction of sp³-hybridized carbons (Fsp3) is 0.667. The van der Waals surface area contributed by atoms with E-state index in [0.717, 1.165) is 0 Å². The molecular formula is C3H12GeINO5. The van der Waals surface area contributed by atoms with Crippen LogP contribution in [0.2, 0.25) is 5.76 Å². The maximum atomic E-state index is 10.4. The van der Waals surface area contributed by atoms with E-state index in [1.54, 1.807) is 0 Å². The SMILES string of the molecule is O.O.O.[CH3][Ge][O]C(=O)C(N)I. The molecule has 0 fully saturated rings. The van der Waals surface area contributed by atoms with E-state index in [9.17, 15) is 4.79 Å². The summed E-state index contributed by atoms with van der Waals surface area (Å²) in [7, 11) is 0. The predicted molar refractivity (Wildman–Crippen MR) is 50.5 cm³/mol. The Hall–Kier alpha value is 0.583. The normalized spacial score (nSPS) is 9.36. The molecule has 11 heavy (non-hydrogen) atoms. The molecule has 0 aliphatic heterocycles. The number of carbonyl (C=O) groups excluding carboxylic acids is 1. The number of carbonyl (C=O) groups is 1. The molecule has 0 saturated heterocycles. The second-order valence-corrected chi connectivity index (χ2v) is 3.65. The molecule has 2 radical (unpaired) electrons. The molecule has 0 spiro atoms. The van der Waals surface area contributed by atoms with Gasteiger partial charge < -0.3 is 16.4 Å². The van der Waals surface area contributed by atoms with Gasteiger partial charge >= 0.3 is 68.4 Å². The number of nitrogens with two attached hydrogens (primary N) is 1. The second kappa shape index (κ2) is 13.2. The van der Waals surface area contributed by atoms with Crippen molar-refractivity contribution in [1.29, 1.82) is 0 Å². The summed E-state index contributed by atoms with van der Waals surface area (Å²) >= 11 is 1.31. The van der Waals surface area contributed by atoms with Gasteiger partial charge in [0.25, 0.3) is 0 Å². The molecule has 0 rings (SSSR count). The van der Waals surface area contributed by atoms with Crippen molar-refractivity contribution in [2.45, 2.75) is 9.80 Å². The van der Waals surface area contributed by atoms with Gasteiger partial charge in [0.2, 0.25) is 0 Å². The van der Waals surface area contributed by atoms with Crippen molar-refractivity contribution >= 4 is 44.3 Å². The molecule has 0 amide bonds. The molecule has 6 nitrogen and oxygen atoms in total. The summed E-state index contributed by atoms with van der Waals surface area (Å²) in [6.45, 7) is 0. The molecule has 8 N–H and O–H groups in total. The monoisotopic (exact) mass is 343 g/mol. The molecule has 1 atom stereocenters. The van der Waals surface area contributed by atoms with E-state index >= 15 is 0 Å². The molecule has 1 unspecified atom stereocenters. The van der Waals surface area contributed by atoms with Crippen LogP contribution in [-0.4, -0.2) is 42.2 Å². The minimum atomic E-state index is -0.510. The van der Waals surface area contributed by atoms with E-state index in [2.05, 4.69) is 3.76 Å². The van der Waals surface area contributed by atoms with E-state index in [4.69, 9.17) is 5.73 Å². The third kappa shape index (κ3) is 13.6. The van der Waals surface area contributed by atoms with Gasteiger partial charge in [0.05, 0.1) is 0 Å². The Morgan fingerprint density at radius 2 is 1.91 bits per heavy atom. The summed E-state index contributed by atoms with van der Waals surface area (Å²) < 4.78 is 4.17. The number of hydrogen-bond donors (Lipinski definition) is 1. The number of hydrogen-bond acceptors (Lipinski definition) is 3. The molecule has 0 heterocycles. The van der Waals surface area contributed by atoms with Gasteiger partial charge in [-0.2, -0.15) is 0 Å². The molecule has 0 aliphatic carbocycles. The first-order valence-electron chi connectivity index (χ1n) is 1.95. The third-order valence-electron chi connectivity index (χ3n) is 0.428. The van der Waals surface area contributed by atoms with Crippen molar-refractivity contribution in [2.24, 2.45) is 5.73 Å². The van der Waals surface area contributed by atoms with Crippen molar-refractivity contribution in [1.82, 2.24) is 0 Å². The summed E-state index contributed by atoms with van der Waals surface area (Å²) in [5.41, 5.74) is 5.15. The van der Waals surface area contributed by atoms with E-state index in [0.29, 0.717) is 0 Å². The van der Waals surface area contributed by atoms with E-state index in [1.807, 2.05) is 28.3 Å². The third-order valence-corrected chi connectivity index (χ3v) is 1.79. The fourth-order valence-corrected chi connectivity index (χ4v) is 1.48. The molecule has 0 aromatic carbocycles. The van der Waals surface area contributed by atoms with E-state index in [-0.39, 0.29) is 22.4 Å². The van der Waals surface area contributed by atoms with Crippen LogP contribution in [0, 0.1) is 0 Å². The number of rotatable bonds is 2. The van der Waals surface area contributed by atoms with Crippen molar-refractivity contribution in [3.63, 3.8) is 0 Å². The van der Waals surface area contributed by atoms with Gasteiger partial charge in [-0.3, -0.25) is 0 Å². The van der Waals surface area contributed by atoms with Crippen LogP contribution in [0.15, 0.2) is 0 Å². The fourth-order valence-electron chi connectivity index (χ4n) is 0.157. The molecule has 70 valence electrons. The number of alkyl halides is 1.